The number of carbonyl (C=O) groups excluding carboxylic acids is 1. The number of halogens is 1. The normalized spacial score (nSPS) is 37.3. The molecule has 5 aliphatic rings. The second-order valence-corrected chi connectivity index (χ2v) is 19.9. The number of carbonyl (C=O) groups is 2. The molecule has 5 aliphatic carbocycles. The van der Waals surface area contributed by atoms with Crippen LogP contribution in [0.5, 0.6) is 0 Å². The quantitative estimate of drug-likeness (QED) is 0.224. The smallest absolute Gasteiger partial charge is 0.309 e. The third-order valence-electron chi connectivity index (χ3n) is 15.9. The Bertz CT molecular complexity index is 1760. The van der Waals surface area contributed by atoms with Crippen LogP contribution in [0.1, 0.15) is 139 Å². The highest BCUT2D eigenvalue weighted by Crippen LogP contribution is 2.77. The van der Waals surface area contributed by atoms with Crippen LogP contribution >= 0.6 is 11.6 Å². The van der Waals surface area contributed by atoms with E-state index in [9.17, 15) is 14.7 Å². The van der Waals surface area contributed by atoms with Crippen LogP contribution in [-0.4, -0.2) is 33.3 Å². The minimum Gasteiger partial charge on any atom is -0.481 e. The highest BCUT2D eigenvalue weighted by Gasteiger charge is 2.70. The van der Waals surface area contributed by atoms with E-state index < -0.39 is 17.4 Å². The van der Waals surface area contributed by atoms with Crippen LogP contribution in [0.4, 0.5) is 0 Å². The number of esters is 1. The Hall–Kier alpha value is -2.67. The Labute approximate surface area is 309 Å². The lowest BCUT2D eigenvalue weighted by Crippen LogP contribution is -2.66. The third-order valence-corrected chi connectivity index (χ3v) is 16.2. The Morgan fingerprint density at radius 2 is 1.71 bits per heavy atom. The fourth-order valence-electron chi connectivity index (χ4n) is 13.0. The number of aromatic nitrogens is 2. The van der Waals surface area contributed by atoms with E-state index in [-0.39, 0.29) is 39.6 Å². The summed E-state index contributed by atoms with van der Waals surface area (Å²) in [7, 11) is 0. The Morgan fingerprint density at radius 3 is 2.39 bits per heavy atom. The predicted octanol–water partition coefficient (Wildman–Crippen LogP) is 10.9. The molecule has 278 valence electrons. The SMILES string of the molecule is CC(C)C1=C2[C@H]3CC[C@@H]4[C@@]5(C)CC[C@H](OC(=O)CC(C)(C)C(=O)O)C(C)(C)[C@@H]5CC[C@@]4(C)[C@]3(C)CC[C@@]2(c2nnc(-c3cccc(Cl)c3)o2)CC1. The number of hydrogen-bond donors (Lipinski definition) is 1. The summed E-state index contributed by atoms with van der Waals surface area (Å²) in [5, 5.41) is 19.7. The number of rotatable bonds is 7. The summed E-state index contributed by atoms with van der Waals surface area (Å²) in [5.41, 5.74) is 2.98. The lowest BCUT2D eigenvalue weighted by Gasteiger charge is -2.72. The van der Waals surface area contributed by atoms with E-state index in [0.717, 1.165) is 62.8 Å². The molecule has 7 nitrogen and oxygen atoms in total. The first-order chi connectivity index (χ1) is 23.8. The van der Waals surface area contributed by atoms with E-state index in [1.165, 1.54) is 12.8 Å². The molecule has 51 heavy (non-hydrogen) atoms. The third kappa shape index (κ3) is 5.39. The lowest BCUT2D eigenvalue weighted by atomic mass is 9.33. The van der Waals surface area contributed by atoms with Crippen molar-refractivity contribution in [1.82, 2.24) is 10.2 Å². The van der Waals surface area contributed by atoms with E-state index in [4.69, 9.17) is 25.9 Å². The van der Waals surface area contributed by atoms with Gasteiger partial charge in [-0.25, -0.2) is 0 Å². The molecular weight excluding hydrogens is 660 g/mol. The van der Waals surface area contributed by atoms with Gasteiger partial charge in [-0.05, 0) is 136 Å². The van der Waals surface area contributed by atoms with Crippen molar-refractivity contribution in [1.29, 1.82) is 0 Å². The molecule has 1 aromatic heterocycles. The molecule has 1 aromatic carbocycles. The summed E-state index contributed by atoms with van der Waals surface area (Å²) in [6.45, 7) is 20.4. The van der Waals surface area contributed by atoms with Crippen molar-refractivity contribution in [3.8, 4) is 11.5 Å². The number of ether oxygens (including phenoxy) is 1. The van der Waals surface area contributed by atoms with Crippen LogP contribution in [-0.2, 0) is 19.7 Å². The zero-order chi connectivity index (χ0) is 36.9. The van der Waals surface area contributed by atoms with Crippen molar-refractivity contribution in [2.45, 2.75) is 144 Å². The van der Waals surface area contributed by atoms with Gasteiger partial charge in [-0.2, -0.15) is 0 Å². The fraction of sp³-hybridized carbons (Fsp3) is 0.721. The number of aliphatic carboxylic acids is 1. The maximum atomic E-state index is 13.1. The molecule has 1 heterocycles. The van der Waals surface area contributed by atoms with E-state index in [0.29, 0.717) is 34.6 Å². The molecule has 0 radical (unpaired) electrons. The monoisotopic (exact) mass is 718 g/mol. The average molecular weight is 719 g/mol. The number of fused-ring (bicyclic) bond motifs is 7. The number of hydrogen-bond acceptors (Lipinski definition) is 6. The molecule has 2 aromatic rings. The van der Waals surface area contributed by atoms with Crippen molar-refractivity contribution in [2.24, 2.45) is 50.7 Å². The molecule has 4 fully saturated rings. The van der Waals surface area contributed by atoms with E-state index in [1.807, 2.05) is 24.3 Å². The molecule has 7 rings (SSSR count). The van der Waals surface area contributed by atoms with Crippen LogP contribution in [0.2, 0.25) is 5.02 Å². The number of carboxylic acid groups (broad SMARTS) is 1. The van der Waals surface area contributed by atoms with Crippen LogP contribution in [0.15, 0.2) is 39.8 Å². The number of carboxylic acids is 1. The van der Waals surface area contributed by atoms with Gasteiger partial charge in [0.2, 0.25) is 11.8 Å². The van der Waals surface area contributed by atoms with E-state index >= 15 is 0 Å². The zero-order valence-electron chi connectivity index (χ0n) is 32.3. The van der Waals surface area contributed by atoms with Gasteiger partial charge in [-0.3, -0.25) is 9.59 Å². The maximum Gasteiger partial charge on any atom is 0.309 e. The second kappa shape index (κ2) is 12.2. The van der Waals surface area contributed by atoms with Crippen LogP contribution in [0.3, 0.4) is 0 Å². The molecule has 1 N–H and O–H groups in total. The van der Waals surface area contributed by atoms with Gasteiger partial charge in [-0.15, -0.1) is 10.2 Å². The van der Waals surface area contributed by atoms with E-state index in [1.54, 1.807) is 25.0 Å². The fourth-order valence-corrected chi connectivity index (χ4v) is 13.2. The standard InChI is InChI=1S/C43H59ClN2O5/c1-25(2)28-15-20-43(36-46-45-35(51-36)26-11-10-12-27(44)23-26)22-21-41(8)29(34(28)43)13-14-31-40(7)18-17-32(50-33(47)24-38(3,4)37(48)49)39(5,6)30(40)16-19-42(31,41)9/h10-12,23,25,29-32H,13-22,24H2,1-9H3,(H,48,49)/t29-,30+,31-,32+,40+,41-,42-,43+/m1/s1. The molecule has 4 saturated carbocycles. The zero-order valence-corrected chi connectivity index (χ0v) is 33.1. The number of nitrogens with zero attached hydrogens (tertiary/aromatic N) is 2. The molecule has 8 heteroatoms. The Balaban J connectivity index is 1.19. The molecule has 0 aliphatic heterocycles. The second-order valence-electron chi connectivity index (χ2n) is 19.4. The topological polar surface area (TPSA) is 103 Å². The summed E-state index contributed by atoms with van der Waals surface area (Å²) in [6.07, 6.45) is 10.5. The molecule has 0 spiro atoms. The van der Waals surface area contributed by atoms with Crippen LogP contribution < -0.4 is 0 Å². The molecule has 0 bridgehead atoms. The van der Waals surface area contributed by atoms with E-state index in [2.05, 4.69) is 53.6 Å². The van der Waals surface area contributed by atoms with Crippen molar-refractivity contribution < 1.29 is 23.8 Å². The minimum absolute atomic E-state index is 0.113. The van der Waals surface area contributed by atoms with Crippen molar-refractivity contribution in [3.63, 3.8) is 0 Å². The highest BCUT2D eigenvalue weighted by atomic mass is 35.5. The summed E-state index contributed by atoms with van der Waals surface area (Å²) < 4.78 is 12.8. The minimum atomic E-state index is -1.14. The van der Waals surface area contributed by atoms with Crippen molar-refractivity contribution in [2.75, 3.05) is 0 Å². The van der Waals surface area contributed by atoms with Gasteiger partial charge >= 0.3 is 11.9 Å². The first kappa shape index (κ1) is 36.7. The largest absolute Gasteiger partial charge is 0.481 e. The van der Waals surface area contributed by atoms with Gasteiger partial charge in [0.1, 0.15) is 6.10 Å². The van der Waals surface area contributed by atoms with Crippen LogP contribution in [0, 0.1) is 50.7 Å². The molecule has 0 saturated heterocycles. The van der Waals surface area contributed by atoms with Crippen LogP contribution in [0.25, 0.3) is 11.5 Å². The van der Waals surface area contributed by atoms with Gasteiger partial charge in [0.15, 0.2) is 0 Å². The predicted molar refractivity (Wildman–Crippen MR) is 199 cm³/mol. The number of benzene rings is 1. The summed E-state index contributed by atoms with van der Waals surface area (Å²) in [5.74, 6) is 1.90. The molecule has 8 atom stereocenters. The summed E-state index contributed by atoms with van der Waals surface area (Å²) in [6, 6.07) is 7.69. The Morgan fingerprint density at radius 1 is 0.961 bits per heavy atom. The van der Waals surface area contributed by atoms with Crippen molar-refractivity contribution >= 4 is 23.5 Å². The molecular formula is C43H59ClN2O5. The summed E-state index contributed by atoms with van der Waals surface area (Å²) >= 11 is 6.34. The first-order valence-electron chi connectivity index (χ1n) is 19.6. The maximum absolute atomic E-state index is 13.1. The van der Waals surface area contributed by atoms with Gasteiger partial charge in [0.05, 0.1) is 17.3 Å². The highest BCUT2D eigenvalue weighted by molar-refractivity contribution is 6.30. The molecule has 0 unspecified atom stereocenters. The number of allylic oxidation sites excluding steroid dienone is 2. The molecule has 0 amide bonds. The van der Waals surface area contributed by atoms with Gasteiger partial charge in [-0.1, -0.05) is 77.3 Å². The first-order valence-corrected chi connectivity index (χ1v) is 19.9. The van der Waals surface area contributed by atoms with Crippen molar-refractivity contribution in [3.05, 3.63) is 46.3 Å². The summed E-state index contributed by atoms with van der Waals surface area (Å²) in [4.78, 5) is 24.8. The van der Waals surface area contributed by atoms with Gasteiger partial charge < -0.3 is 14.3 Å². The van der Waals surface area contributed by atoms with Gasteiger partial charge in [0, 0.05) is 16.0 Å². The average Bonchev–Trinajstić information content (AvgIpc) is 3.69. The van der Waals surface area contributed by atoms with Gasteiger partial charge in [0.25, 0.3) is 0 Å². The lowest BCUT2D eigenvalue weighted by molar-refractivity contribution is -0.232. The Kier molecular flexibility index (Phi) is 8.76.